The van der Waals surface area contributed by atoms with Crippen LogP contribution in [0.15, 0.2) is 11.6 Å². The van der Waals surface area contributed by atoms with Crippen molar-refractivity contribution in [2.24, 2.45) is 5.92 Å². The second kappa shape index (κ2) is 1.84. The van der Waals surface area contributed by atoms with E-state index in [1.807, 2.05) is 0 Å². The first-order valence-electron chi connectivity index (χ1n) is 3.76. The van der Waals surface area contributed by atoms with Crippen LogP contribution < -0.4 is 0 Å². The van der Waals surface area contributed by atoms with Crippen molar-refractivity contribution in [3.8, 4) is 0 Å². The first-order chi connectivity index (χ1) is 4.34. The van der Waals surface area contributed by atoms with Gasteiger partial charge in [-0.15, -0.1) is 0 Å². The third-order valence-electron chi connectivity index (χ3n) is 2.27. The summed E-state index contributed by atoms with van der Waals surface area (Å²) in [6, 6.07) is 0. The molecule has 0 aromatic rings. The summed E-state index contributed by atoms with van der Waals surface area (Å²) in [7, 11) is 0. The lowest BCUT2D eigenvalue weighted by molar-refractivity contribution is 0.254. The lowest BCUT2D eigenvalue weighted by atomic mass is 10.1. The Kier molecular flexibility index (Phi) is 1.12. The Balaban J connectivity index is 2.12. The molecule has 1 unspecified atom stereocenters. The van der Waals surface area contributed by atoms with E-state index < -0.39 is 0 Å². The fourth-order valence-corrected chi connectivity index (χ4v) is 1.66. The first-order valence-corrected chi connectivity index (χ1v) is 3.76. The van der Waals surface area contributed by atoms with Crippen molar-refractivity contribution in [2.45, 2.75) is 13.3 Å². The van der Waals surface area contributed by atoms with Gasteiger partial charge in [0.05, 0.1) is 0 Å². The standard InChI is InChI=1S/C8H13N/c1-7-2-3-9-5-8(4-7)6-9/h4,7H,2-3,5-6H2,1H3. The van der Waals surface area contributed by atoms with E-state index in [4.69, 9.17) is 0 Å². The number of hydrogen-bond acceptors (Lipinski definition) is 1. The van der Waals surface area contributed by atoms with Crippen molar-refractivity contribution >= 4 is 0 Å². The minimum absolute atomic E-state index is 0.840. The van der Waals surface area contributed by atoms with Crippen molar-refractivity contribution in [1.82, 2.24) is 4.90 Å². The largest absolute Gasteiger partial charge is 0.295 e. The van der Waals surface area contributed by atoms with Gasteiger partial charge in [-0.05, 0) is 24.5 Å². The van der Waals surface area contributed by atoms with E-state index in [0.717, 1.165) is 5.92 Å². The van der Waals surface area contributed by atoms with Crippen LogP contribution in [-0.4, -0.2) is 24.5 Å². The zero-order chi connectivity index (χ0) is 6.27. The number of hydrogen-bond donors (Lipinski definition) is 0. The molecular formula is C8H13N. The zero-order valence-corrected chi connectivity index (χ0v) is 5.93. The molecule has 1 nitrogen and oxygen atoms in total. The molecule has 0 aromatic carbocycles. The summed E-state index contributed by atoms with van der Waals surface area (Å²) in [5, 5.41) is 0. The average molecular weight is 123 g/mol. The lowest BCUT2D eigenvalue weighted by Crippen LogP contribution is -2.38. The highest BCUT2D eigenvalue weighted by Crippen LogP contribution is 2.23. The van der Waals surface area contributed by atoms with Gasteiger partial charge in [-0.25, -0.2) is 0 Å². The highest BCUT2D eigenvalue weighted by Gasteiger charge is 2.23. The van der Waals surface area contributed by atoms with Crippen LogP contribution >= 0.6 is 0 Å². The van der Waals surface area contributed by atoms with Gasteiger partial charge < -0.3 is 0 Å². The van der Waals surface area contributed by atoms with Gasteiger partial charge in [0.2, 0.25) is 0 Å². The Morgan fingerprint density at radius 2 is 2.33 bits per heavy atom. The average Bonchev–Trinajstić information content (AvgIpc) is 1.93. The van der Waals surface area contributed by atoms with Crippen LogP contribution in [0.3, 0.4) is 0 Å². The van der Waals surface area contributed by atoms with Crippen LogP contribution in [0.1, 0.15) is 13.3 Å². The quantitative estimate of drug-likeness (QED) is 0.438. The monoisotopic (exact) mass is 123 g/mol. The summed E-state index contributed by atoms with van der Waals surface area (Å²) in [4.78, 5) is 2.51. The Hall–Kier alpha value is -0.300. The fraction of sp³-hybridized carbons (Fsp3) is 0.750. The SMILES string of the molecule is CC1C=C2CN(CC1)C2. The predicted molar refractivity (Wildman–Crippen MR) is 38.3 cm³/mol. The van der Waals surface area contributed by atoms with Crippen LogP contribution in [0.25, 0.3) is 0 Å². The third kappa shape index (κ3) is 0.897. The summed E-state index contributed by atoms with van der Waals surface area (Å²) in [6.45, 7) is 6.17. The van der Waals surface area contributed by atoms with Gasteiger partial charge in [0.1, 0.15) is 0 Å². The highest BCUT2D eigenvalue weighted by atomic mass is 15.2. The minimum atomic E-state index is 0.840. The van der Waals surface area contributed by atoms with E-state index in [9.17, 15) is 0 Å². The predicted octanol–water partition coefficient (Wildman–Crippen LogP) is 1.27. The third-order valence-corrected chi connectivity index (χ3v) is 2.27. The molecular weight excluding hydrogens is 110 g/mol. The molecule has 0 spiro atoms. The molecule has 0 aromatic heterocycles. The Morgan fingerprint density at radius 1 is 1.56 bits per heavy atom. The molecule has 1 atom stereocenters. The van der Waals surface area contributed by atoms with Gasteiger partial charge in [0.15, 0.2) is 0 Å². The van der Waals surface area contributed by atoms with Crippen LogP contribution in [0.2, 0.25) is 0 Å². The molecule has 0 N–H and O–H groups in total. The minimum Gasteiger partial charge on any atom is -0.295 e. The van der Waals surface area contributed by atoms with Gasteiger partial charge >= 0.3 is 0 Å². The van der Waals surface area contributed by atoms with Crippen molar-refractivity contribution in [1.29, 1.82) is 0 Å². The number of nitrogens with zero attached hydrogens (tertiary/aromatic N) is 1. The second-order valence-corrected chi connectivity index (χ2v) is 3.30. The van der Waals surface area contributed by atoms with Crippen molar-refractivity contribution < 1.29 is 0 Å². The molecule has 1 fully saturated rings. The summed E-state index contributed by atoms with van der Waals surface area (Å²) in [5.74, 6) is 0.840. The van der Waals surface area contributed by atoms with Gasteiger partial charge in [0, 0.05) is 13.1 Å². The molecule has 0 saturated carbocycles. The van der Waals surface area contributed by atoms with E-state index in [2.05, 4.69) is 17.9 Å². The van der Waals surface area contributed by atoms with E-state index in [1.54, 1.807) is 5.57 Å². The normalized spacial score (nSPS) is 40.8. The van der Waals surface area contributed by atoms with E-state index in [0.29, 0.717) is 0 Å². The van der Waals surface area contributed by atoms with Gasteiger partial charge in [-0.3, -0.25) is 4.90 Å². The van der Waals surface area contributed by atoms with Gasteiger partial charge in [-0.2, -0.15) is 0 Å². The summed E-state index contributed by atoms with van der Waals surface area (Å²) >= 11 is 0. The Bertz CT molecular complexity index is 141. The summed E-state index contributed by atoms with van der Waals surface area (Å²) in [6.07, 6.45) is 3.81. The van der Waals surface area contributed by atoms with E-state index >= 15 is 0 Å². The topological polar surface area (TPSA) is 3.24 Å². The van der Waals surface area contributed by atoms with Crippen molar-refractivity contribution in [2.75, 3.05) is 19.6 Å². The molecule has 1 saturated heterocycles. The molecule has 50 valence electrons. The van der Waals surface area contributed by atoms with Gasteiger partial charge in [-0.1, -0.05) is 13.0 Å². The molecule has 3 aliphatic rings. The molecule has 9 heavy (non-hydrogen) atoms. The smallest absolute Gasteiger partial charge is 0.0209 e. The van der Waals surface area contributed by atoms with Crippen LogP contribution in [0.4, 0.5) is 0 Å². The maximum Gasteiger partial charge on any atom is 0.0209 e. The molecule has 0 aliphatic carbocycles. The maximum atomic E-state index is 2.51. The second-order valence-electron chi connectivity index (χ2n) is 3.30. The molecule has 1 heteroatoms. The van der Waals surface area contributed by atoms with Gasteiger partial charge in [0.25, 0.3) is 0 Å². The Morgan fingerprint density at radius 3 is 3.11 bits per heavy atom. The number of allylic oxidation sites excluding steroid dienone is 1. The number of rotatable bonds is 0. The molecule has 3 heterocycles. The van der Waals surface area contributed by atoms with E-state index in [-0.39, 0.29) is 0 Å². The molecule has 3 rings (SSSR count). The maximum absolute atomic E-state index is 2.51. The first kappa shape index (κ1) is 5.48. The Labute approximate surface area is 56.4 Å². The highest BCUT2D eigenvalue weighted by molar-refractivity contribution is 5.18. The zero-order valence-electron chi connectivity index (χ0n) is 5.93. The molecule has 2 bridgehead atoms. The van der Waals surface area contributed by atoms with Crippen molar-refractivity contribution in [3.63, 3.8) is 0 Å². The number of fused-ring (bicyclic) bond motifs is 3. The summed E-state index contributed by atoms with van der Waals surface area (Å²) in [5.41, 5.74) is 1.67. The summed E-state index contributed by atoms with van der Waals surface area (Å²) < 4.78 is 0. The molecule has 0 amide bonds. The molecule has 0 radical (unpaired) electrons. The van der Waals surface area contributed by atoms with Crippen LogP contribution in [0.5, 0.6) is 0 Å². The molecule has 3 aliphatic heterocycles. The van der Waals surface area contributed by atoms with Crippen molar-refractivity contribution in [3.05, 3.63) is 11.6 Å². The van der Waals surface area contributed by atoms with E-state index in [1.165, 1.54) is 26.1 Å². The fourth-order valence-electron chi connectivity index (χ4n) is 1.66. The van der Waals surface area contributed by atoms with Crippen LogP contribution in [-0.2, 0) is 0 Å². The lowest BCUT2D eigenvalue weighted by Gasteiger charge is -2.31. The van der Waals surface area contributed by atoms with Crippen LogP contribution in [0, 0.1) is 5.92 Å².